The monoisotopic (exact) mass is 400 g/mol. The molecule has 1 heterocycles. The maximum Gasteiger partial charge on any atom is 0.257 e. The lowest BCUT2D eigenvalue weighted by Crippen LogP contribution is -2.49. The van der Waals surface area contributed by atoms with Crippen LogP contribution in [-0.2, 0) is 16.0 Å². The smallest absolute Gasteiger partial charge is 0.257 e. The van der Waals surface area contributed by atoms with Crippen LogP contribution < -0.4 is 21.1 Å². The topological polar surface area (TPSA) is 90.5 Å². The van der Waals surface area contributed by atoms with E-state index < -0.39 is 11.8 Å². The molecule has 0 saturated carbocycles. The van der Waals surface area contributed by atoms with Crippen LogP contribution in [0.15, 0.2) is 48.5 Å². The van der Waals surface area contributed by atoms with Crippen molar-refractivity contribution in [3.63, 3.8) is 0 Å². The summed E-state index contributed by atoms with van der Waals surface area (Å²) < 4.78 is 0. The molecule has 3 amide bonds. The maximum absolute atomic E-state index is 12.1. The summed E-state index contributed by atoms with van der Waals surface area (Å²) in [4.78, 5) is 37.9. The molecule has 0 radical (unpaired) electrons. The van der Waals surface area contributed by atoms with Gasteiger partial charge in [0.15, 0.2) is 0 Å². The minimum Gasteiger partial charge on any atom is -0.362 e. The number of hydrogen-bond acceptors (Lipinski definition) is 4. The third kappa shape index (κ3) is 5.23. The van der Waals surface area contributed by atoms with Gasteiger partial charge in [-0.05, 0) is 48.7 Å². The number of aryl methyl sites for hydroxylation is 1. The summed E-state index contributed by atoms with van der Waals surface area (Å²) in [6.45, 7) is 0.679. The van der Waals surface area contributed by atoms with E-state index >= 15 is 0 Å². The molecular weight excluding hydrogens is 380 g/mol. The summed E-state index contributed by atoms with van der Waals surface area (Å²) in [5.41, 5.74) is 7.35. The summed E-state index contributed by atoms with van der Waals surface area (Å²) in [5.74, 6) is -1.24. The average molecular weight is 401 g/mol. The van der Waals surface area contributed by atoms with Gasteiger partial charge in [0, 0.05) is 22.8 Å². The molecule has 146 valence electrons. The van der Waals surface area contributed by atoms with E-state index in [9.17, 15) is 14.4 Å². The molecule has 0 unspecified atom stereocenters. The number of fused-ring (bicyclic) bond motifs is 1. The number of nitrogens with one attached hydrogen (secondary N) is 3. The van der Waals surface area contributed by atoms with Gasteiger partial charge >= 0.3 is 0 Å². The number of carbonyl (C=O) groups is 3. The van der Waals surface area contributed by atoms with Gasteiger partial charge in [0.2, 0.25) is 0 Å². The summed E-state index contributed by atoms with van der Waals surface area (Å²) in [6.07, 6.45) is 1.98. The van der Waals surface area contributed by atoms with Gasteiger partial charge in [0.05, 0.1) is 13.1 Å². The Hall–Kier alpha value is -3.06. The third-order valence-corrected chi connectivity index (χ3v) is 4.65. The van der Waals surface area contributed by atoms with Crippen LogP contribution in [-0.4, -0.2) is 37.4 Å². The van der Waals surface area contributed by atoms with Gasteiger partial charge in [-0.15, -0.1) is 0 Å². The van der Waals surface area contributed by atoms with E-state index in [1.165, 1.54) is 5.56 Å². The van der Waals surface area contributed by atoms with Crippen LogP contribution in [0.5, 0.6) is 0 Å². The Kier molecular flexibility index (Phi) is 6.49. The second-order valence-electron chi connectivity index (χ2n) is 6.44. The highest BCUT2D eigenvalue weighted by molar-refractivity contribution is 6.30. The molecule has 8 heteroatoms. The molecule has 3 rings (SSSR count). The Morgan fingerprint density at radius 2 is 1.68 bits per heavy atom. The molecule has 0 saturated heterocycles. The van der Waals surface area contributed by atoms with Crippen LogP contribution in [0.1, 0.15) is 22.3 Å². The van der Waals surface area contributed by atoms with Crippen molar-refractivity contribution in [3.8, 4) is 0 Å². The van der Waals surface area contributed by atoms with Crippen molar-refractivity contribution >= 4 is 35.0 Å². The van der Waals surface area contributed by atoms with Crippen molar-refractivity contribution in [2.45, 2.75) is 12.8 Å². The summed E-state index contributed by atoms with van der Waals surface area (Å²) in [6, 6.07) is 14.3. The molecule has 0 atom stereocenters. The lowest BCUT2D eigenvalue weighted by molar-refractivity contribution is -0.127. The van der Waals surface area contributed by atoms with Gasteiger partial charge in [-0.25, -0.2) is 0 Å². The van der Waals surface area contributed by atoms with E-state index in [1.54, 1.807) is 24.3 Å². The quantitative estimate of drug-likeness (QED) is 0.666. The zero-order valence-corrected chi connectivity index (χ0v) is 16.0. The summed E-state index contributed by atoms with van der Waals surface area (Å²) >= 11 is 5.77. The molecule has 1 aliphatic rings. The van der Waals surface area contributed by atoms with Crippen LogP contribution >= 0.6 is 11.6 Å². The van der Waals surface area contributed by atoms with Crippen molar-refractivity contribution in [1.29, 1.82) is 0 Å². The molecule has 0 aliphatic carbocycles. The minimum atomic E-state index is -0.519. The van der Waals surface area contributed by atoms with E-state index in [4.69, 9.17) is 11.6 Å². The zero-order valence-electron chi connectivity index (χ0n) is 15.2. The summed E-state index contributed by atoms with van der Waals surface area (Å²) in [7, 11) is 0. The molecule has 0 aromatic heterocycles. The van der Waals surface area contributed by atoms with Gasteiger partial charge in [-0.3, -0.25) is 25.2 Å². The number of rotatable bonds is 5. The van der Waals surface area contributed by atoms with Crippen molar-refractivity contribution in [1.82, 2.24) is 16.2 Å². The number of carbonyl (C=O) groups excluding carboxylic acids is 3. The van der Waals surface area contributed by atoms with Crippen LogP contribution in [0.2, 0.25) is 5.02 Å². The van der Waals surface area contributed by atoms with Gasteiger partial charge in [0.1, 0.15) is 0 Å². The molecule has 28 heavy (non-hydrogen) atoms. The number of amides is 3. The van der Waals surface area contributed by atoms with Crippen LogP contribution in [0.4, 0.5) is 5.69 Å². The van der Waals surface area contributed by atoms with E-state index in [-0.39, 0.29) is 19.0 Å². The number of halogens is 1. The Bertz CT molecular complexity index is 870. The van der Waals surface area contributed by atoms with Gasteiger partial charge in [0.25, 0.3) is 17.7 Å². The molecule has 0 fully saturated rings. The number of anilines is 1. The Labute approximate surface area is 168 Å². The average Bonchev–Trinajstić information content (AvgIpc) is 2.71. The molecule has 1 aliphatic heterocycles. The highest BCUT2D eigenvalue weighted by Crippen LogP contribution is 2.26. The number of benzene rings is 2. The van der Waals surface area contributed by atoms with E-state index in [0.717, 1.165) is 25.1 Å². The lowest BCUT2D eigenvalue weighted by atomic mass is 10.0. The van der Waals surface area contributed by atoms with Gasteiger partial charge in [-0.1, -0.05) is 29.8 Å². The van der Waals surface area contributed by atoms with Gasteiger partial charge < -0.3 is 10.2 Å². The van der Waals surface area contributed by atoms with Crippen LogP contribution in [0.3, 0.4) is 0 Å². The SMILES string of the molecule is O=C(CNC(=O)c1ccc(Cl)cc1)NNC(=O)CN1CCCc2ccccc21. The number of hydrogen-bond donors (Lipinski definition) is 3. The summed E-state index contributed by atoms with van der Waals surface area (Å²) in [5, 5.41) is 3.00. The third-order valence-electron chi connectivity index (χ3n) is 4.40. The lowest BCUT2D eigenvalue weighted by Gasteiger charge is -2.30. The van der Waals surface area contributed by atoms with E-state index in [0.29, 0.717) is 10.6 Å². The van der Waals surface area contributed by atoms with Crippen molar-refractivity contribution in [2.75, 3.05) is 24.5 Å². The molecule has 0 spiro atoms. The fourth-order valence-corrected chi connectivity index (χ4v) is 3.16. The van der Waals surface area contributed by atoms with E-state index in [1.807, 2.05) is 23.1 Å². The van der Waals surface area contributed by atoms with E-state index in [2.05, 4.69) is 22.2 Å². The van der Waals surface area contributed by atoms with Crippen molar-refractivity contribution in [2.24, 2.45) is 0 Å². The fraction of sp³-hybridized carbons (Fsp3) is 0.250. The number of para-hydroxylation sites is 1. The largest absolute Gasteiger partial charge is 0.362 e. The normalized spacial score (nSPS) is 12.7. The first-order valence-electron chi connectivity index (χ1n) is 8.97. The fourth-order valence-electron chi connectivity index (χ4n) is 3.04. The Morgan fingerprint density at radius 1 is 0.964 bits per heavy atom. The zero-order chi connectivity index (χ0) is 19.9. The predicted octanol–water partition coefficient (Wildman–Crippen LogP) is 1.67. The Balaban J connectivity index is 1.42. The second-order valence-corrected chi connectivity index (χ2v) is 6.88. The molecule has 2 aromatic carbocycles. The molecule has 2 aromatic rings. The molecule has 3 N–H and O–H groups in total. The van der Waals surface area contributed by atoms with Crippen LogP contribution in [0.25, 0.3) is 0 Å². The van der Waals surface area contributed by atoms with Crippen molar-refractivity contribution in [3.05, 3.63) is 64.7 Å². The highest BCUT2D eigenvalue weighted by Gasteiger charge is 2.18. The van der Waals surface area contributed by atoms with Crippen molar-refractivity contribution < 1.29 is 14.4 Å². The number of hydrazine groups is 1. The first-order valence-corrected chi connectivity index (χ1v) is 9.35. The number of nitrogens with zero attached hydrogens (tertiary/aromatic N) is 1. The van der Waals surface area contributed by atoms with Gasteiger partial charge in [-0.2, -0.15) is 0 Å². The first-order chi connectivity index (χ1) is 13.5. The molecule has 0 bridgehead atoms. The molecular formula is C20H21ClN4O3. The maximum atomic E-state index is 12.1. The Morgan fingerprint density at radius 3 is 2.46 bits per heavy atom. The molecule has 7 nitrogen and oxygen atoms in total. The minimum absolute atomic E-state index is 0.147. The first kappa shape index (κ1) is 19.7. The highest BCUT2D eigenvalue weighted by atomic mass is 35.5. The standard InChI is InChI=1S/C20H21ClN4O3/c21-16-9-7-15(8-10-16)20(28)22-12-18(26)23-24-19(27)13-25-11-3-5-14-4-1-2-6-17(14)25/h1-2,4,6-10H,3,5,11-13H2,(H,22,28)(H,23,26)(H,24,27). The van der Waals surface area contributed by atoms with Crippen LogP contribution in [0, 0.1) is 0 Å². The predicted molar refractivity (Wildman–Crippen MR) is 107 cm³/mol. The second kappa shape index (κ2) is 9.23.